The van der Waals surface area contributed by atoms with Gasteiger partial charge < -0.3 is 9.47 Å². The van der Waals surface area contributed by atoms with Crippen molar-refractivity contribution in [3.8, 4) is 5.75 Å². The Morgan fingerprint density at radius 3 is 2.64 bits per heavy atom. The molecule has 1 rings (SSSR count). The summed E-state index contributed by atoms with van der Waals surface area (Å²) in [7, 11) is 3.09. The van der Waals surface area contributed by atoms with Crippen LogP contribution in [0.25, 0.3) is 0 Å². The lowest BCUT2D eigenvalue weighted by atomic mass is 10.0. The number of rotatable bonds is 4. The normalized spacial score (nSPS) is 9.93. The van der Waals surface area contributed by atoms with Crippen LogP contribution in [0.3, 0.4) is 0 Å². The van der Waals surface area contributed by atoms with Gasteiger partial charge in [0, 0.05) is 12.7 Å². The van der Waals surface area contributed by atoms with E-state index in [1.54, 1.807) is 13.2 Å². The first kappa shape index (κ1) is 10.7. The summed E-state index contributed by atoms with van der Waals surface area (Å²) < 4.78 is 9.84. The molecule has 0 aromatic heterocycles. The standard InChI is InChI=1S/C11H14O3/c1-8-4-5-9(14-3)6-10(8)11(12)7-13-2/h4-6H,7H2,1-3H3. The highest BCUT2D eigenvalue weighted by molar-refractivity contribution is 5.98. The Bertz CT molecular complexity index is 331. The van der Waals surface area contributed by atoms with E-state index < -0.39 is 0 Å². The zero-order valence-corrected chi connectivity index (χ0v) is 8.66. The molecule has 0 heterocycles. The van der Waals surface area contributed by atoms with Crippen LogP contribution in [0.15, 0.2) is 18.2 Å². The van der Waals surface area contributed by atoms with Crippen LogP contribution >= 0.6 is 0 Å². The lowest BCUT2D eigenvalue weighted by Crippen LogP contribution is -2.08. The van der Waals surface area contributed by atoms with Gasteiger partial charge in [-0.2, -0.15) is 0 Å². The van der Waals surface area contributed by atoms with Gasteiger partial charge in [0.2, 0.25) is 0 Å². The molecular weight excluding hydrogens is 180 g/mol. The van der Waals surface area contributed by atoms with Gasteiger partial charge in [-0.3, -0.25) is 4.79 Å². The smallest absolute Gasteiger partial charge is 0.188 e. The third-order valence-corrected chi connectivity index (χ3v) is 2.02. The predicted octanol–water partition coefficient (Wildman–Crippen LogP) is 1.83. The van der Waals surface area contributed by atoms with E-state index in [1.165, 1.54) is 7.11 Å². The number of ketones is 1. The summed E-state index contributed by atoms with van der Waals surface area (Å²) in [6.45, 7) is 2.00. The fraction of sp³-hybridized carbons (Fsp3) is 0.364. The molecule has 0 N–H and O–H groups in total. The highest BCUT2D eigenvalue weighted by Gasteiger charge is 2.09. The van der Waals surface area contributed by atoms with Crippen LogP contribution in [0.2, 0.25) is 0 Å². The third-order valence-electron chi connectivity index (χ3n) is 2.02. The summed E-state index contributed by atoms with van der Waals surface area (Å²) in [6.07, 6.45) is 0. The molecule has 0 saturated heterocycles. The predicted molar refractivity (Wildman–Crippen MR) is 53.9 cm³/mol. The Balaban J connectivity index is 2.99. The van der Waals surface area contributed by atoms with Gasteiger partial charge in [-0.05, 0) is 24.6 Å². The first-order chi connectivity index (χ1) is 6.69. The maximum atomic E-state index is 11.6. The van der Waals surface area contributed by atoms with Crippen molar-refractivity contribution in [3.63, 3.8) is 0 Å². The molecule has 14 heavy (non-hydrogen) atoms. The van der Waals surface area contributed by atoms with E-state index in [1.807, 2.05) is 19.1 Å². The third kappa shape index (κ3) is 2.33. The van der Waals surface area contributed by atoms with Crippen LogP contribution in [0.4, 0.5) is 0 Å². The molecule has 3 heteroatoms. The summed E-state index contributed by atoms with van der Waals surface area (Å²) in [4.78, 5) is 11.6. The molecule has 0 radical (unpaired) electrons. The summed E-state index contributed by atoms with van der Waals surface area (Å²) >= 11 is 0. The lowest BCUT2D eigenvalue weighted by molar-refractivity contribution is 0.0847. The van der Waals surface area contributed by atoms with E-state index in [0.29, 0.717) is 11.3 Å². The zero-order valence-electron chi connectivity index (χ0n) is 8.66. The lowest BCUT2D eigenvalue weighted by Gasteiger charge is -2.06. The fourth-order valence-corrected chi connectivity index (χ4v) is 1.24. The van der Waals surface area contributed by atoms with Crippen molar-refractivity contribution in [2.24, 2.45) is 0 Å². The van der Waals surface area contributed by atoms with Crippen LogP contribution in [0.1, 0.15) is 15.9 Å². The second-order valence-corrected chi connectivity index (χ2v) is 3.04. The quantitative estimate of drug-likeness (QED) is 0.686. The summed E-state index contributed by atoms with van der Waals surface area (Å²) in [5.74, 6) is 0.666. The van der Waals surface area contributed by atoms with E-state index in [9.17, 15) is 4.79 Å². The molecule has 0 unspecified atom stereocenters. The molecule has 0 aliphatic heterocycles. The molecule has 76 valence electrons. The van der Waals surface area contributed by atoms with Crippen LogP contribution in [-0.4, -0.2) is 26.6 Å². The highest BCUT2D eigenvalue weighted by atomic mass is 16.5. The molecule has 1 aromatic carbocycles. The number of ether oxygens (including phenoxy) is 2. The van der Waals surface area contributed by atoms with E-state index in [0.717, 1.165) is 5.56 Å². The Hall–Kier alpha value is -1.35. The molecule has 0 atom stereocenters. The molecular formula is C11H14O3. The van der Waals surface area contributed by atoms with Crippen molar-refractivity contribution in [1.82, 2.24) is 0 Å². The van der Waals surface area contributed by atoms with Crippen LogP contribution in [0, 0.1) is 6.92 Å². The second kappa shape index (κ2) is 4.77. The van der Waals surface area contributed by atoms with Gasteiger partial charge in [0.1, 0.15) is 12.4 Å². The first-order valence-electron chi connectivity index (χ1n) is 4.36. The molecule has 0 aliphatic rings. The van der Waals surface area contributed by atoms with Gasteiger partial charge in [0.05, 0.1) is 7.11 Å². The molecule has 0 fully saturated rings. The number of carbonyl (C=O) groups is 1. The van der Waals surface area contributed by atoms with Gasteiger partial charge in [-0.25, -0.2) is 0 Å². The summed E-state index contributed by atoms with van der Waals surface area (Å²) in [5, 5.41) is 0. The molecule has 0 saturated carbocycles. The van der Waals surface area contributed by atoms with Crippen LogP contribution in [0.5, 0.6) is 5.75 Å². The average molecular weight is 194 g/mol. The van der Waals surface area contributed by atoms with Crippen molar-refractivity contribution in [2.75, 3.05) is 20.8 Å². The van der Waals surface area contributed by atoms with Crippen molar-refractivity contribution in [1.29, 1.82) is 0 Å². The SMILES string of the molecule is COCC(=O)c1cc(OC)ccc1C. The minimum absolute atomic E-state index is 0.0242. The number of Topliss-reactive ketones (excluding diaryl/α,β-unsaturated/α-hetero) is 1. The van der Waals surface area contributed by atoms with Crippen molar-refractivity contribution < 1.29 is 14.3 Å². The molecule has 0 bridgehead atoms. The average Bonchev–Trinajstić information content (AvgIpc) is 2.19. The Morgan fingerprint density at radius 1 is 1.36 bits per heavy atom. The van der Waals surface area contributed by atoms with Crippen molar-refractivity contribution >= 4 is 5.78 Å². The monoisotopic (exact) mass is 194 g/mol. The first-order valence-corrected chi connectivity index (χ1v) is 4.36. The van der Waals surface area contributed by atoms with Crippen molar-refractivity contribution in [2.45, 2.75) is 6.92 Å². The number of hydrogen-bond donors (Lipinski definition) is 0. The van der Waals surface area contributed by atoms with E-state index in [-0.39, 0.29) is 12.4 Å². The summed E-state index contributed by atoms with van der Waals surface area (Å²) in [6, 6.07) is 5.43. The van der Waals surface area contributed by atoms with Crippen LogP contribution < -0.4 is 4.74 Å². The van der Waals surface area contributed by atoms with Gasteiger partial charge in [0.25, 0.3) is 0 Å². The topological polar surface area (TPSA) is 35.5 Å². The fourth-order valence-electron chi connectivity index (χ4n) is 1.24. The molecule has 0 aliphatic carbocycles. The largest absolute Gasteiger partial charge is 0.497 e. The highest BCUT2D eigenvalue weighted by Crippen LogP contribution is 2.17. The minimum Gasteiger partial charge on any atom is -0.497 e. The Kier molecular flexibility index (Phi) is 3.65. The van der Waals surface area contributed by atoms with Crippen molar-refractivity contribution in [3.05, 3.63) is 29.3 Å². The maximum Gasteiger partial charge on any atom is 0.188 e. The second-order valence-electron chi connectivity index (χ2n) is 3.04. The van der Waals surface area contributed by atoms with E-state index >= 15 is 0 Å². The van der Waals surface area contributed by atoms with E-state index in [4.69, 9.17) is 9.47 Å². The number of hydrogen-bond acceptors (Lipinski definition) is 3. The number of aryl methyl sites for hydroxylation is 1. The van der Waals surface area contributed by atoms with Gasteiger partial charge >= 0.3 is 0 Å². The van der Waals surface area contributed by atoms with Crippen LogP contribution in [-0.2, 0) is 4.74 Å². The Labute approximate surface area is 83.6 Å². The number of benzene rings is 1. The van der Waals surface area contributed by atoms with Gasteiger partial charge in [-0.1, -0.05) is 6.07 Å². The van der Waals surface area contributed by atoms with Gasteiger partial charge in [0.15, 0.2) is 5.78 Å². The Morgan fingerprint density at radius 2 is 2.07 bits per heavy atom. The number of carbonyl (C=O) groups excluding carboxylic acids is 1. The zero-order chi connectivity index (χ0) is 10.6. The molecule has 1 aromatic rings. The van der Waals surface area contributed by atoms with E-state index in [2.05, 4.69) is 0 Å². The number of methoxy groups -OCH3 is 2. The van der Waals surface area contributed by atoms with Gasteiger partial charge in [-0.15, -0.1) is 0 Å². The molecule has 3 nitrogen and oxygen atoms in total. The summed E-state index contributed by atoms with van der Waals surface area (Å²) in [5.41, 5.74) is 1.60. The molecule has 0 amide bonds. The minimum atomic E-state index is -0.0242. The molecule has 0 spiro atoms. The maximum absolute atomic E-state index is 11.6.